The second-order valence-corrected chi connectivity index (χ2v) is 22.6. The summed E-state index contributed by atoms with van der Waals surface area (Å²) in [5, 5.41) is 29.8. The molecule has 4 aliphatic rings. The molecule has 3 saturated heterocycles. The number of benzene rings is 3. The number of unbranched alkanes of at least 4 members (excludes halogenated alkanes) is 3. The minimum Gasteiger partial charge on any atom is -0.494 e. The zero-order valence-corrected chi connectivity index (χ0v) is 48.8. The third kappa shape index (κ3) is 17.3. The Morgan fingerprint density at radius 1 is 0.762 bits per heavy atom. The van der Waals surface area contributed by atoms with Gasteiger partial charge in [-0.1, -0.05) is 24.6 Å². The van der Waals surface area contributed by atoms with Crippen molar-refractivity contribution >= 4 is 58.7 Å². The molecule has 1 aromatic heterocycles. The SMILES string of the molecule is C[C@@H](NC(=O)c1cccc(NC2(C(=N)NC(=N)c3ccncc3)CCN(C(=O)OC(C)(C)C)CC2)c1)c1ccc(OCCCCCCOCCOCCOCCC(=O)N2CCN(c3ccc4c(c3)CN(C3CCC(=O)NC3=O)C4=O)CC2)cc1. The number of carbonyl (C=O) groups excluding carboxylic acids is 6. The molecule has 3 aromatic carbocycles. The van der Waals surface area contributed by atoms with Gasteiger partial charge in [-0.3, -0.25) is 45.1 Å². The largest absolute Gasteiger partial charge is 0.494 e. The van der Waals surface area contributed by atoms with Gasteiger partial charge in [0.15, 0.2) is 0 Å². The van der Waals surface area contributed by atoms with Crippen molar-refractivity contribution in [2.75, 3.05) is 95.7 Å². The highest BCUT2D eigenvalue weighted by Gasteiger charge is 2.42. The van der Waals surface area contributed by atoms with Crippen LogP contribution in [0, 0.1) is 10.8 Å². The molecule has 6 N–H and O–H groups in total. The van der Waals surface area contributed by atoms with Crippen LogP contribution in [-0.2, 0) is 39.9 Å². The first-order valence-corrected chi connectivity index (χ1v) is 29.2. The first kappa shape index (κ1) is 62.1. The minimum absolute atomic E-state index is 0.0465. The Bertz CT molecular complexity index is 2940. The normalized spacial score (nSPS) is 17.2. The van der Waals surface area contributed by atoms with Gasteiger partial charge in [0.2, 0.25) is 17.7 Å². The number of hydrogen-bond acceptors (Lipinski definition) is 16. The number of likely N-dealkylation sites (tertiary alicyclic amines) is 1. The minimum atomic E-state index is -0.984. The van der Waals surface area contributed by atoms with Crippen LogP contribution in [0.15, 0.2) is 91.3 Å². The van der Waals surface area contributed by atoms with Crippen molar-refractivity contribution < 1.29 is 52.5 Å². The Labute approximate surface area is 491 Å². The average Bonchev–Trinajstić information content (AvgIpc) is 3.01. The highest BCUT2D eigenvalue weighted by Crippen LogP contribution is 2.33. The summed E-state index contributed by atoms with van der Waals surface area (Å²) >= 11 is 0. The van der Waals surface area contributed by atoms with Gasteiger partial charge in [-0.2, -0.15) is 0 Å². The molecule has 84 heavy (non-hydrogen) atoms. The predicted octanol–water partition coefficient (Wildman–Crippen LogP) is 6.84. The molecule has 22 heteroatoms. The van der Waals surface area contributed by atoms with Gasteiger partial charge >= 0.3 is 6.09 Å². The molecule has 3 fully saturated rings. The monoisotopic (exact) mass is 1160 g/mol. The summed E-state index contributed by atoms with van der Waals surface area (Å²) in [6, 6.07) is 23.0. The smallest absolute Gasteiger partial charge is 0.410 e. The van der Waals surface area contributed by atoms with Crippen LogP contribution in [0.5, 0.6) is 5.75 Å². The molecule has 0 aliphatic carbocycles. The average molecular weight is 1160 g/mol. The van der Waals surface area contributed by atoms with E-state index in [9.17, 15) is 34.2 Å². The number of fused-ring (bicyclic) bond motifs is 1. The predicted molar refractivity (Wildman–Crippen MR) is 316 cm³/mol. The number of nitrogens with zero attached hydrogens (tertiary/aromatic N) is 5. The number of ether oxygens (including phenoxy) is 5. The molecule has 0 saturated carbocycles. The first-order valence-electron chi connectivity index (χ1n) is 29.2. The summed E-state index contributed by atoms with van der Waals surface area (Å²) < 4.78 is 28.7. The fraction of sp³-hybridized carbons (Fsp3) is 0.500. The molecule has 4 aromatic rings. The van der Waals surface area contributed by atoms with Gasteiger partial charge in [0.05, 0.1) is 57.6 Å². The summed E-state index contributed by atoms with van der Waals surface area (Å²) in [6.45, 7) is 14.2. The topological polar surface area (TPSA) is 270 Å². The maximum absolute atomic E-state index is 13.6. The third-order valence-electron chi connectivity index (χ3n) is 15.4. The van der Waals surface area contributed by atoms with E-state index in [1.165, 1.54) is 0 Å². The number of pyridine rings is 1. The molecule has 0 radical (unpaired) electrons. The number of imide groups is 1. The van der Waals surface area contributed by atoms with Crippen molar-refractivity contribution in [1.29, 1.82) is 10.8 Å². The molecule has 22 nitrogen and oxygen atoms in total. The van der Waals surface area contributed by atoms with Gasteiger partial charge in [-0.25, -0.2) is 4.79 Å². The molecule has 450 valence electrons. The second kappa shape index (κ2) is 29.5. The molecule has 0 bridgehead atoms. The molecule has 1 unspecified atom stereocenters. The Balaban J connectivity index is 0.640. The highest BCUT2D eigenvalue weighted by atomic mass is 16.6. The lowest BCUT2D eigenvalue weighted by Gasteiger charge is -2.43. The van der Waals surface area contributed by atoms with Crippen LogP contribution in [0.25, 0.3) is 0 Å². The van der Waals surface area contributed by atoms with Crippen LogP contribution in [0.2, 0.25) is 0 Å². The van der Waals surface area contributed by atoms with Crippen molar-refractivity contribution in [3.63, 3.8) is 0 Å². The summed E-state index contributed by atoms with van der Waals surface area (Å²) in [4.78, 5) is 87.9. The summed E-state index contributed by atoms with van der Waals surface area (Å²) in [6.07, 6.45) is 8.17. The van der Waals surface area contributed by atoms with Crippen LogP contribution in [0.1, 0.15) is 129 Å². The van der Waals surface area contributed by atoms with Crippen LogP contribution in [-0.4, -0.2) is 170 Å². The van der Waals surface area contributed by atoms with E-state index in [1.54, 1.807) is 52.5 Å². The molecule has 8 rings (SSSR count). The van der Waals surface area contributed by atoms with Crippen molar-refractivity contribution in [1.82, 2.24) is 35.6 Å². The number of nitrogens with one attached hydrogen (secondary N) is 6. The molecule has 4 aliphatic heterocycles. The summed E-state index contributed by atoms with van der Waals surface area (Å²) in [7, 11) is 0. The molecule has 5 heterocycles. The number of rotatable bonds is 26. The zero-order valence-electron chi connectivity index (χ0n) is 48.8. The summed E-state index contributed by atoms with van der Waals surface area (Å²) in [5.74, 6) is -0.272. The van der Waals surface area contributed by atoms with Gasteiger partial charge in [0.1, 0.15) is 29.1 Å². The number of piperidine rings is 2. The number of amides is 6. The van der Waals surface area contributed by atoms with Gasteiger partial charge < -0.3 is 59.2 Å². The van der Waals surface area contributed by atoms with Crippen molar-refractivity contribution in [2.45, 2.75) is 115 Å². The Morgan fingerprint density at radius 2 is 1.44 bits per heavy atom. The maximum Gasteiger partial charge on any atom is 0.410 e. The van der Waals surface area contributed by atoms with Gasteiger partial charge in [-0.05, 0) is 138 Å². The molecular formula is C62H81N11O11. The summed E-state index contributed by atoms with van der Waals surface area (Å²) in [5.41, 5.74) is 3.33. The Kier molecular flexibility index (Phi) is 21.8. The number of aromatic nitrogens is 1. The number of anilines is 2. The van der Waals surface area contributed by atoms with Crippen molar-refractivity contribution in [2.24, 2.45) is 0 Å². The lowest BCUT2D eigenvalue weighted by molar-refractivity contribution is -0.137. The lowest BCUT2D eigenvalue weighted by Crippen LogP contribution is -2.59. The van der Waals surface area contributed by atoms with E-state index in [0.29, 0.717) is 140 Å². The quantitative estimate of drug-likeness (QED) is 0.0163. The zero-order chi connectivity index (χ0) is 59.6. The number of carbonyl (C=O) groups is 6. The first-order chi connectivity index (χ1) is 40.4. The second-order valence-electron chi connectivity index (χ2n) is 22.6. The van der Waals surface area contributed by atoms with Gasteiger partial charge in [0.25, 0.3) is 11.8 Å². The van der Waals surface area contributed by atoms with Gasteiger partial charge in [-0.15, -0.1) is 0 Å². The Morgan fingerprint density at radius 3 is 2.13 bits per heavy atom. The van der Waals surface area contributed by atoms with E-state index in [4.69, 9.17) is 29.1 Å². The van der Waals surface area contributed by atoms with Gasteiger partial charge in [0, 0.05) is 99.3 Å². The third-order valence-corrected chi connectivity index (χ3v) is 15.4. The van der Waals surface area contributed by atoms with Crippen LogP contribution in [0.3, 0.4) is 0 Å². The Hall–Kier alpha value is -7.95. The number of amidine groups is 2. The fourth-order valence-corrected chi connectivity index (χ4v) is 10.6. The van der Waals surface area contributed by atoms with E-state index in [1.807, 2.05) is 81.1 Å². The molecule has 6 amide bonds. The van der Waals surface area contributed by atoms with E-state index in [2.05, 4.69) is 31.2 Å². The van der Waals surface area contributed by atoms with E-state index in [-0.39, 0.29) is 47.8 Å². The molecule has 2 atom stereocenters. The van der Waals surface area contributed by atoms with Crippen molar-refractivity contribution in [3.8, 4) is 5.75 Å². The van der Waals surface area contributed by atoms with Crippen molar-refractivity contribution in [3.05, 3.63) is 119 Å². The molecular weight excluding hydrogens is 1070 g/mol. The number of piperazine rings is 1. The highest BCUT2D eigenvalue weighted by molar-refractivity contribution is 6.10. The molecule has 0 spiro atoms. The van der Waals surface area contributed by atoms with E-state index >= 15 is 0 Å². The van der Waals surface area contributed by atoms with E-state index in [0.717, 1.165) is 48.2 Å². The maximum atomic E-state index is 13.6. The van der Waals surface area contributed by atoms with Crippen LogP contribution in [0.4, 0.5) is 16.2 Å². The lowest BCUT2D eigenvalue weighted by atomic mass is 9.85. The number of hydrogen-bond donors (Lipinski definition) is 6. The fourth-order valence-electron chi connectivity index (χ4n) is 10.6. The van der Waals surface area contributed by atoms with Crippen LogP contribution < -0.4 is 30.9 Å². The van der Waals surface area contributed by atoms with Crippen LogP contribution >= 0.6 is 0 Å². The standard InChI is InChI=1S/C62H81N11O11/c1-43(66-56(76)46-10-9-11-48(40-46)69-62(59(64)68-55(63)45-20-25-65-26-21-45)23-27-72(28-24-62)60(79)84-61(2,3)4)44-12-15-50(16-13-44)83-34-8-6-5-7-33-80-36-38-82-39-37-81-35-22-54(75)71-31-29-70(30-32-71)49-14-17-51-47(41-49)42-73(58(51)78)52-18-19-53(74)67-57(52)77/h9-17,20-21,25-26,40-41,43,52,69H,5-8,18-19,22-24,27-39,42H2,1-4H3,(H,66,76)(H3,63,64,68)(H,67,74,77)/t43-,52?/m1/s1. The van der Waals surface area contributed by atoms with E-state index < -0.39 is 29.2 Å².